The molecule has 65 heavy (non-hydrogen) atoms. The predicted molar refractivity (Wildman–Crippen MR) is 269 cm³/mol. The van der Waals surface area contributed by atoms with E-state index in [1.165, 1.54) is 96.3 Å². The molecule has 0 aliphatic carbocycles. The minimum atomic E-state index is -0.178. The zero-order valence-electron chi connectivity index (χ0n) is 42.3. The van der Waals surface area contributed by atoms with Gasteiger partial charge in [0.1, 0.15) is 5.78 Å². The highest BCUT2D eigenvalue weighted by Crippen LogP contribution is 2.35. The quantitative estimate of drug-likeness (QED) is 0.0508. The van der Waals surface area contributed by atoms with E-state index in [1.807, 2.05) is 19.0 Å². The second-order valence-electron chi connectivity index (χ2n) is 19.2. The van der Waals surface area contributed by atoms with Crippen molar-refractivity contribution < 1.29 is 33.4 Å². The first-order valence-electron chi connectivity index (χ1n) is 26.8. The van der Waals surface area contributed by atoms with Crippen LogP contribution in [0.2, 0.25) is 0 Å². The van der Waals surface area contributed by atoms with Crippen LogP contribution in [0.4, 0.5) is 0 Å². The topological polar surface area (TPSA) is 122 Å². The van der Waals surface area contributed by atoms with Crippen LogP contribution >= 0.6 is 11.3 Å². The lowest BCUT2D eigenvalue weighted by molar-refractivity contribution is -0.149. The minimum absolute atomic E-state index is 0.00385. The number of hydrogen-bond acceptors (Lipinski definition) is 9. The van der Waals surface area contributed by atoms with Gasteiger partial charge in [0.05, 0.1) is 31.2 Å². The molecule has 1 N–H and O–H groups in total. The van der Waals surface area contributed by atoms with Crippen LogP contribution in [0.15, 0.2) is 0 Å². The highest BCUT2D eigenvalue weighted by atomic mass is 32.1. The molecule has 0 saturated heterocycles. The smallest absolute Gasteiger partial charge is 0.308 e. The second kappa shape index (κ2) is 38.2. The van der Waals surface area contributed by atoms with Crippen LogP contribution < -0.4 is 5.32 Å². The molecule has 0 bridgehead atoms. The highest BCUT2D eigenvalue weighted by molar-refractivity contribution is 7.12. The molecular formula is C54H95N3O7S. The Morgan fingerprint density at radius 2 is 1.17 bits per heavy atom. The molecule has 2 heterocycles. The van der Waals surface area contributed by atoms with E-state index in [9.17, 15) is 24.0 Å². The average Bonchev–Trinajstić information content (AvgIpc) is 3.67. The maximum Gasteiger partial charge on any atom is 0.308 e. The number of nitrogens with one attached hydrogen (secondary N) is 1. The van der Waals surface area contributed by atoms with E-state index in [0.29, 0.717) is 89.8 Å². The number of amides is 2. The molecular weight excluding hydrogens is 835 g/mol. The lowest BCUT2D eigenvalue weighted by Gasteiger charge is -2.27. The summed E-state index contributed by atoms with van der Waals surface area (Å²) in [7, 11) is 4.04. The number of ether oxygens (including phenoxy) is 2. The fourth-order valence-electron chi connectivity index (χ4n) is 8.81. The van der Waals surface area contributed by atoms with Crippen molar-refractivity contribution in [3.63, 3.8) is 0 Å². The van der Waals surface area contributed by atoms with Crippen molar-refractivity contribution in [3.8, 4) is 0 Å². The average molecular weight is 930 g/mol. The summed E-state index contributed by atoms with van der Waals surface area (Å²) >= 11 is 1.58. The van der Waals surface area contributed by atoms with Crippen LogP contribution in [0, 0.1) is 5.92 Å². The third-order valence-electron chi connectivity index (χ3n) is 12.9. The van der Waals surface area contributed by atoms with Crippen molar-refractivity contribution in [2.45, 2.75) is 239 Å². The maximum atomic E-state index is 13.7. The van der Waals surface area contributed by atoms with Crippen LogP contribution in [-0.4, -0.2) is 86.3 Å². The number of thiophene rings is 1. The van der Waals surface area contributed by atoms with E-state index >= 15 is 0 Å². The van der Waals surface area contributed by atoms with Crippen LogP contribution in [0.3, 0.4) is 0 Å². The van der Waals surface area contributed by atoms with Gasteiger partial charge in [-0.05, 0) is 96.8 Å². The Bertz CT molecular complexity index is 1450. The van der Waals surface area contributed by atoms with Crippen molar-refractivity contribution in [2.24, 2.45) is 5.92 Å². The number of nitrogens with zero attached hydrogens (tertiary/aromatic N) is 2. The summed E-state index contributed by atoms with van der Waals surface area (Å²) in [5, 5.41) is 3.13. The van der Waals surface area contributed by atoms with E-state index in [1.54, 1.807) is 11.3 Å². The Labute approximate surface area is 400 Å². The number of aryl methyl sites for hydroxylation is 1. The number of rotatable bonds is 42. The van der Waals surface area contributed by atoms with Gasteiger partial charge >= 0.3 is 11.9 Å². The third kappa shape index (κ3) is 27.6. The summed E-state index contributed by atoms with van der Waals surface area (Å²) in [6.45, 7) is 10.1. The van der Waals surface area contributed by atoms with E-state index in [2.05, 4.69) is 31.0 Å². The Morgan fingerprint density at radius 3 is 1.80 bits per heavy atom. The number of carbonyl (C=O) groups is 5. The molecule has 0 radical (unpaired) electrons. The van der Waals surface area contributed by atoms with Crippen molar-refractivity contribution in [1.29, 1.82) is 0 Å². The number of fused-ring (bicyclic) bond motifs is 1. The molecule has 11 heteroatoms. The summed E-state index contributed by atoms with van der Waals surface area (Å²) in [5.74, 6) is -0.0441. The second-order valence-corrected chi connectivity index (χ2v) is 20.3. The standard InChI is InChI=1S/C54H95N3O7S/c1-6-9-12-15-17-18-19-21-28-42-63-51(60)35-27-26-33-46(58)36-37-48-52(53(61)55-39-30-40-56(4)5)47-38-41-57(44-49(47)65-48)50(59)34-25-22-29-43-64-54(62)45(31-23-14-11-8-3)32-24-20-16-13-10-7-2/h45H,6-44H2,1-5H3,(H,55,61). The number of ketones is 1. The Morgan fingerprint density at radius 1 is 0.631 bits per heavy atom. The Kier molecular flexibility index (Phi) is 34.3. The van der Waals surface area contributed by atoms with Gasteiger partial charge in [0, 0.05) is 48.5 Å². The number of hydrogen-bond donors (Lipinski definition) is 1. The molecule has 0 fully saturated rings. The summed E-state index contributed by atoms with van der Waals surface area (Å²) in [6.07, 6.45) is 32.0. The van der Waals surface area contributed by atoms with E-state index in [4.69, 9.17) is 9.47 Å². The molecule has 1 aliphatic rings. The fraction of sp³-hybridized carbons (Fsp3) is 0.833. The molecule has 1 aliphatic heterocycles. The fourth-order valence-corrected chi connectivity index (χ4v) is 10.2. The van der Waals surface area contributed by atoms with Crippen LogP contribution in [-0.2, 0) is 48.0 Å². The normalized spacial score (nSPS) is 12.9. The van der Waals surface area contributed by atoms with Gasteiger partial charge in [0.15, 0.2) is 0 Å². The SMILES string of the molecule is CCCCCCCCCCCOC(=O)CCCCC(=O)CCc1sc2c(c1C(=O)NCCCN(C)C)CCN(C(=O)CCCCCOC(=O)C(CCCCCC)CCCCCCCC)C2. The van der Waals surface area contributed by atoms with Gasteiger partial charge in [-0.3, -0.25) is 24.0 Å². The number of carbonyl (C=O) groups excluding carboxylic acids is 5. The summed E-state index contributed by atoms with van der Waals surface area (Å²) in [6, 6.07) is 0. The van der Waals surface area contributed by atoms with Crippen LogP contribution in [0.5, 0.6) is 0 Å². The highest BCUT2D eigenvalue weighted by Gasteiger charge is 2.29. The van der Waals surface area contributed by atoms with Gasteiger partial charge in [-0.1, -0.05) is 136 Å². The monoisotopic (exact) mass is 930 g/mol. The first-order valence-corrected chi connectivity index (χ1v) is 27.6. The van der Waals surface area contributed by atoms with E-state index in [-0.39, 0.29) is 35.5 Å². The largest absolute Gasteiger partial charge is 0.466 e. The van der Waals surface area contributed by atoms with Crippen LogP contribution in [0.1, 0.15) is 245 Å². The maximum absolute atomic E-state index is 13.7. The molecule has 1 aromatic rings. The third-order valence-corrected chi connectivity index (χ3v) is 14.2. The van der Waals surface area contributed by atoms with Gasteiger partial charge in [0.2, 0.25) is 5.91 Å². The first-order chi connectivity index (χ1) is 31.6. The molecule has 0 saturated carbocycles. The number of unbranched alkanes of at least 4 members (excludes halogenated alkanes) is 19. The molecule has 2 amide bonds. The molecule has 374 valence electrons. The first kappa shape index (κ1) is 58.3. The van der Waals surface area contributed by atoms with Crippen molar-refractivity contribution >= 4 is 40.9 Å². The molecule has 0 spiro atoms. The molecule has 0 aromatic carbocycles. The Hall–Kier alpha value is -2.79. The van der Waals surface area contributed by atoms with Gasteiger partial charge in [0.25, 0.3) is 5.91 Å². The lowest BCUT2D eigenvalue weighted by Crippen LogP contribution is -2.36. The molecule has 10 nitrogen and oxygen atoms in total. The van der Waals surface area contributed by atoms with Crippen molar-refractivity contribution in [3.05, 3.63) is 20.9 Å². The predicted octanol–water partition coefficient (Wildman–Crippen LogP) is 12.9. The van der Waals surface area contributed by atoms with Gasteiger partial charge in [-0.25, -0.2) is 0 Å². The molecule has 2 rings (SSSR count). The number of esters is 2. The zero-order valence-corrected chi connectivity index (χ0v) is 43.1. The summed E-state index contributed by atoms with van der Waals surface area (Å²) < 4.78 is 11.2. The van der Waals surface area contributed by atoms with Crippen molar-refractivity contribution in [1.82, 2.24) is 15.1 Å². The van der Waals surface area contributed by atoms with Crippen molar-refractivity contribution in [2.75, 3.05) is 46.9 Å². The van der Waals surface area contributed by atoms with Gasteiger partial charge in [-0.15, -0.1) is 11.3 Å². The van der Waals surface area contributed by atoms with Crippen LogP contribution in [0.25, 0.3) is 0 Å². The molecule has 1 aromatic heterocycles. The minimum Gasteiger partial charge on any atom is -0.466 e. The zero-order chi connectivity index (χ0) is 47.3. The molecule has 1 atom stereocenters. The van der Waals surface area contributed by atoms with Gasteiger partial charge in [-0.2, -0.15) is 0 Å². The van der Waals surface area contributed by atoms with E-state index < -0.39 is 0 Å². The van der Waals surface area contributed by atoms with E-state index in [0.717, 1.165) is 86.1 Å². The Balaban J connectivity index is 1.81. The van der Waals surface area contributed by atoms with Gasteiger partial charge < -0.3 is 24.6 Å². The lowest BCUT2D eigenvalue weighted by atomic mass is 9.94. The number of Topliss-reactive ketones (excluding diaryl/α,β-unsaturated/α-hetero) is 1. The molecule has 1 unspecified atom stereocenters. The summed E-state index contributed by atoms with van der Waals surface area (Å²) in [5.41, 5.74) is 1.73. The summed E-state index contributed by atoms with van der Waals surface area (Å²) in [4.78, 5) is 71.4.